The lowest BCUT2D eigenvalue weighted by Crippen LogP contribution is -2.40. The summed E-state index contributed by atoms with van der Waals surface area (Å²) in [5.74, 6) is 0. The van der Waals surface area contributed by atoms with E-state index in [1.807, 2.05) is 0 Å². The molecule has 0 aromatic carbocycles. The minimum atomic E-state index is -0.0975. The van der Waals surface area contributed by atoms with Crippen LogP contribution in [0.3, 0.4) is 0 Å². The van der Waals surface area contributed by atoms with Crippen LogP contribution in [-0.4, -0.2) is 37.0 Å². The average Bonchev–Trinajstić information content (AvgIpc) is 2.14. The largest absolute Gasteiger partial charge is 0.379 e. The molecule has 0 amide bonds. The number of methoxy groups -OCH3 is 1. The molecule has 0 radical (unpaired) electrons. The molecule has 0 aromatic heterocycles. The van der Waals surface area contributed by atoms with Gasteiger partial charge >= 0.3 is 0 Å². The van der Waals surface area contributed by atoms with E-state index in [0.717, 1.165) is 26.0 Å². The summed E-state index contributed by atoms with van der Waals surface area (Å²) in [4.78, 5) is 0. The lowest BCUT2D eigenvalue weighted by Gasteiger charge is -2.30. The van der Waals surface area contributed by atoms with Crippen molar-refractivity contribution in [2.24, 2.45) is 0 Å². The normalized spacial score (nSPS) is 14.0. The molecule has 0 aliphatic heterocycles. The Morgan fingerprint density at radius 1 is 0.833 bits per heavy atom. The minimum Gasteiger partial charge on any atom is -0.379 e. The van der Waals surface area contributed by atoms with Crippen LogP contribution in [0.1, 0.15) is 61.3 Å². The van der Waals surface area contributed by atoms with E-state index >= 15 is 0 Å². The Morgan fingerprint density at radius 3 is 1.83 bits per heavy atom. The van der Waals surface area contributed by atoms with Gasteiger partial charge in [-0.1, -0.05) is 0 Å². The SMILES string of the molecule is COC(C)(C)CCOC(C)(C)CCNC(C)(C)C. The first kappa shape index (κ1) is 17.9. The maximum Gasteiger partial charge on any atom is 0.0644 e. The first-order valence-electron chi connectivity index (χ1n) is 6.92. The van der Waals surface area contributed by atoms with Crippen LogP contribution in [-0.2, 0) is 9.47 Å². The molecule has 0 unspecified atom stereocenters. The van der Waals surface area contributed by atoms with Crippen LogP contribution in [0.15, 0.2) is 0 Å². The van der Waals surface area contributed by atoms with Crippen molar-refractivity contribution in [2.75, 3.05) is 20.3 Å². The van der Waals surface area contributed by atoms with E-state index in [1.165, 1.54) is 0 Å². The number of hydrogen-bond donors (Lipinski definition) is 1. The van der Waals surface area contributed by atoms with Gasteiger partial charge < -0.3 is 14.8 Å². The second kappa shape index (κ2) is 6.88. The molecule has 0 rings (SSSR count). The summed E-state index contributed by atoms with van der Waals surface area (Å²) in [5.41, 5.74) is -0.00403. The predicted molar refractivity (Wildman–Crippen MR) is 78.1 cm³/mol. The topological polar surface area (TPSA) is 30.5 Å². The Labute approximate surface area is 114 Å². The molecule has 18 heavy (non-hydrogen) atoms. The van der Waals surface area contributed by atoms with E-state index in [2.05, 4.69) is 53.8 Å². The van der Waals surface area contributed by atoms with Gasteiger partial charge in [0.1, 0.15) is 0 Å². The summed E-state index contributed by atoms with van der Waals surface area (Å²) < 4.78 is 11.3. The van der Waals surface area contributed by atoms with Crippen LogP contribution in [0.2, 0.25) is 0 Å². The van der Waals surface area contributed by atoms with Crippen molar-refractivity contribution in [2.45, 2.75) is 78.0 Å². The molecule has 1 N–H and O–H groups in total. The van der Waals surface area contributed by atoms with Crippen LogP contribution in [0.25, 0.3) is 0 Å². The fourth-order valence-corrected chi connectivity index (χ4v) is 1.49. The molecule has 0 spiro atoms. The maximum absolute atomic E-state index is 5.96. The van der Waals surface area contributed by atoms with Crippen molar-refractivity contribution >= 4 is 0 Å². The first-order chi connectivity index (χ1) is 7.97. The van der Waals surface area contributed by atoms with Crippen LogP contribution in [0.5, 0.6) is 0 Å². The molecule has 0 aliphatic carbocycles. The van der Waals surface area contributed by atoms with E-state index < -0.39 is 0 Å². The molecular weight excluding hydrogens is 226 g/mol. The van der Waals surface area contributed by atoms with Crippen LogP contribution >= 0.6 is 0 Å². The summed E-state index contributed by atoms with van der Waals surface area (Å²) in [6.45, 7) is 16.7. The molecule has 0 bridgehead atoms. The highest BCUT2D eigenvalue weighted by Crippen LogP contribution is 2.18. The van der Waals surface area contributed by atoms with Crippen molar-refractivity contribution in [3.05, 3.63) is 0 Å². The number of hydrogen-bond acceptors (Lipinski definition) is 3. The highest BCUT2D eigenvalue weighted by atomic mass is 16.5. The zero-order valence-corrected chi connectivity index (χ0v) is 13.6. The molecular formula is C15H33NO2. The Kier molecular flexibility index (Phi) is 6.83. The van der Waals surface area contributed by atoms with Gasteiger partial charge in [0.2, 0.25) is 0 Å². The monoisotopic (exact) mass is 259 g/mol. The smallest absolute Gasteiger partial charge is 0.0644 e. The Morgan fingerprint density at radius 2 is 1.39 bits per heavy atom. The van der Waals surface area contributed by atoms with Crippen molar-refractivity contribution in [1.82, 2.24) is 5.32 Å². The maximum atomic E-state index is 5.96. The molecule has 0 aromatic rings. The van der Waals surface area contributed by atoms with Crippen LogP contribution in [0.4, 0.5) is 0 Å². The van der Waals surface area contributed by atoms with Gasteiger partial charge in [-0.3, -0.25) is 0 Å². The number of ether oxygens (including phenoxy) is 2. The molecule has 0 saturated carbocycles. The van der Waals surface area contributed by atoms with Crippen LogP contribution < -0.4 is 5.32 Å². The number of nitrogens with one attached hydrogen (secondary N) is 1. The van der Waals surface area contributed by atoms with Gasteiger partial charge in [-0.2, -0.15) is 0 Å². The van der Waals surface area contributed by atoms with Gasteiger partial charge in [-0.15, -0.1) is 0 Å². The molecule has 0 atom stereocenters. The second-order valence-corrected chi connectivity index (χ2v) is 7.25. The van der Waals surface area contributed by atoms with Gasteiger partial charge in [0.15, 0.2) is 0 Å². The third-order valence-corrected chi connectivity index (χ3v) is 3.13. The quantitative estimate of drug-likeness (QED) is 0.725. The first-order valence-corrected chi connectivity index (χ1v) is 6.92. The highest BCUT2D eigenvalue weighted by molar-refractivity contribution is 4.76. The molecule has 3 heteroatoms. The van der Waals surface area contributed by atoms with Crippen molar-refractivity contribution < 1.29 is 9.47 Å². The van der Waals surface area contributed by atoms with Crippen molar-refractivity contribution in [1.29, 1.82) is 0 Å². The Bertz CT molecular complexity index is 229. The Hall–Kier alpha value is -0.120. The van der Waals surface area contributed by atoms with E-state index in [1.54, 1.807) is 7.11 Å². The van der Waals surface area contributed by atoms with Gasteiger partial charge in [0.05, 0.1) is 17.8 Å². The molecule has 0 saturated heterocycles. The van der Waals surface area contributed by atoms with Gasteiger partial charge in [-0.25, -0.2) is 0 Å². The zero-order chi connectivity index (χ0) is 14.4. The van der Waals surface area contributed by atoms with Crippen molar-refractivity contribution in [3.8, 4) is 0 Å². The molecule has 0 aliphatic rings. The van der Waals surface area contributed by atoms with E-state index in [-0.39, 0.29) is 16.7 Å². The fourth-order valence-electron chi connectivity index (χ4n) is 1.49. The predicted octanol–water partition coefficient (Wildman–Crippen LogP) is 3.37. The lowest BCUT2D eigenvalue weighted by atomic mass is 10.0. The summed E-state index contributed by atoms with van der Waals surface area (Å²) in [6.07, 6.45) is 1.93. The second-order valence-electron chi connectivity index (χ2n) is 7.25. The van der Waals surface area contributed by atoms with E-state index in [9.17, 15) is 0 Å². The average molecular weight is 259 g/mol. The van der Waals surface area contributed by atoms with Crippen molar-refractivity contribution in [3.63, 3.8) is 0 Å². The minimum absolute atomic E-state index is 0.0813. The van der Waals surface area contributed by atoms with Crippen LogP contribution in [0, 0.1) is 0 Å². The lowest BCUT2D eigenvalue weighted by molar-refractivity contribution is -0.0610. The third-order valence-electron chi connectivity index (χ3n) is 3.13. The van der Waals surface area contributed by atoms with Gasteiger partial charge in [0.25, 0.3) is 0 Å². The highest BCUT2D eigenvalue weighted by Gasteiger charge is 2.22. The zero-order valence-electron chi connectivity index (χ0n) is 13.6. The number of rotatable bonds is 8. The molecule has 3 nitrogen and oxygen atoms in total. The molecule has 0 heterocycles. The van der Waals surface area contributed by atoms with E-state index in [4.69, 9.17) is 9.47 Å². The fraction of sp³-hybridized carbons (Fsp3) is 1.00. The summed E-state index contributed by atoms with van der Waals surface area (Å²) >= 11 is 0. The van der Waals surface area contributed by atoms with Gasteiger partial charge in [0, 0.05) is 12.6 Å². The summed E-state index contributed by atoms with van der Waals surface area (Å²) in [6, 6.07) is 0. The Balaban J connectivity index is 3.87. The standard InChI is InChI=1S/C15H33NO2/c1-13(2,3)16-11-9-15(6,7)18-12-10-14(4,5)17-8/h16H,9-12H2,1-8H3. The molecule has 110 valence electrons. The van der Waals surface area contributed by atoms with Gasteiger partial charge in [-0.05, 0) is 67.9 Å². The molecule has 0 fully saturated rings. The summed E-state index contributed by atoms with van der Waals surface area (Å²) in [5, 5.41) is 3.49. The third kappa shape index (κ3) is 9.86. The van der Waals surface area contributed by atoms with E-state index in [0.29, 0.717) is 0 Å². The summed E-state index contributed by atoms with van der Waals surface area (Å²) in [7, 11) is 1.75.